The normalized spacial score (nSPS) is 10.1. The Morgan fingerprint density at radius 3 is 2.53 bits per heavy atom. The zero-order valence-electron chi connectivity index (χ0n) is 10.3. The van der Waals surface area contributed by atoms with E-state index in [2.05, 4.69) is 45.7 Å². The molecule has 1 nitrogen and oxygen atoms in total. The van der Waals surface area contributed by atoms with Crippen LogP contribution in [0.2, 0.25) is 13.6 Å². The summed E-state index contributed by atoms with van der Waals surface area (Å²) in [6, 6.07) is 6.41. The van der Waals surface area contributed by atoms with Crippen molar-refractivity contribution in [3.63, 3.8) is 0 Å². The summed E-state index contributed by atoms with van der Waals surface area (Å²) < 4.78 is 5.66. The minimum absolute atomic E-state index is 0.592. The van der Waals surface area contributed by atoms with E-state index in [4.69, 9.17) is 4.74 Å². The van der Waals surface area contributed by atoms with Crippen molar-refractivity contribution in [3.8, 4) is 5.75 Å². The van der Waals surface area contributed by atoms with E-state index >= 15 is 0 Å². The molecule has 0 saturated carbocycles. The van der Waals surface area contributed by atoms with Gasteiger partial charge in [-0.15, -0.1) is 0 Å². The lowest BCUT2D eigenvalue weighted by atomic mass is 9.48. The lowest BCUT2D eigenvalue weighted by Gasteiger charge is -2.10. The summed E-state index contributed by atoms with van der Waals surface area (Å²) in [6.45, 7) is 10.2. The van der Waals surface area contributed by atoms with Crippen LogP contribution in [0.5, 0.6) is 5.75 Å². The van der Waals surface area contributed by atoms with Gasteiger partial charge < -0.3 is 4.74 Å². The van der Waals surface area contributed by atoms with Gasteiger partial charge in [0.2, 0.25) is 0 Å². The molecule has 1 aromatic carbocycles. The predicted molar refractivity (Wildman–Crippen MR) is 68.7 cm³/mol. The van der Waals surface area contributed by atoms with E-state index in [9.17, 15) is 0 Å². The lowest BCUT2D eigenvalue weighted by molar-refractivity contribution is 0.309. The van der Waals surface area contributed by atoms with Gasteiger partial charge in [0, 0.05) is 0 Å². The summed E-state index contributed by atoms with van der Waals surface area (Å²) in [6.07, 6.45) is 2.31. The molecule has 0 aromatic heterocycles. The number of benzene rings is 1. The second-order valence-corrected chi connectivity index (χ2v) is 4.38. The first-order chi connectivity index (χ1) is 7.15. The molecular formula is C13H21BO. The highest BCUT2D eigenvalue weighted by atomic mass is 16.5. The number of unbranched alkanes of at least 4 members (excludes halogenated alkanes) is 1. The number of ether oxygens (including phenoxy) is 1. The minimum Gasteiger partial charge on any atom is -0.494 e. The molecule has 0 bridgehead atoms. The van der Waals surface area contributed by atoms with E-state index in [1.54, 1.807) is 0 Å². The van der Waals surface area contributed by atoms with Crippen molar-refractivity contribution in [3.05, 3.63) is 23.8 Å². The zero-order valence-corrected chi connectivity index (χ0v) is 10.3. The number of rotatable bonds is 5. The highest BCUT2D eigenvalue weighted by Gasteiger charge is 2.06. The second-order valence-electron chi connectivity index (χ2n) is 4.38. The molecule has 1 aromatic rings. The van der Waals surface area contributed by atoms with E-state index in [0.717, 1.165) is 18.8 Å². The monoisotopic (exact) mass is 204 g/mol. The third kappa shape index (κ3) is 3.62. The summed E-state index contributed by atoms with van der Waals surface area (Å²) in [5.74, 6) is 1.00. The molecule has 0 atom stereocenters. The fourth-order valence-corrected chi connectivity index (χ4v) is 1.72. The standard InChI is InChI=1S/C13H21BO/c1-5-6-9-15-12-7-8-13(14(3)4)11(2)10-12/h7-8,10H,5-6,9H2,1-4H3. The van der Waals surface area contributed by atoms with Crippen LogP contribution in [0.3, 0.4) is 0 Å². The summed E-state index contributed by atoms with van der Waals surface area (Å²) in [7, 11) is 0. The van der Waals surface area contributed by atoms with E-state index in [1.807, 2.05) is 0 Å². The van der Waals surface area contributed by atoms with Crippen LogP contribution in [0, 0.1) is 6.92 Å². The maximum Gasteiger partial charge on any atom is 0.169 e. The Labute approximate surface area is 93.9 Å². The zero-order chi connectivity index (χ0) is 11.3. The Hall–Kier alpha value is -0.915. The van der Waals surface area contributed by atoms with E-state index in [-0.39, 0.29) is 0 Å². The Kier molecular flexibility index (Phi) is 4.74. The molecule has 0 fully saturated rings. The van der Waals surface area contributed by atoms with Gasteiger partial charge in [-0.3, -0.25) is 0 Å². The van der Waals surface area contributed by atoms with E-state index in [0.29, 0.717) is 6.71 Å². The molecule has 0 aliphatic heterocycles. The van der Waals surface area contributed by atoms with Crippen molar-refractivity contribution in [2.45, 2.75) is 40.3 Å². The Morgan fingerprint density at radius 2 is 2.00 bits per heavy atom. The quantitative estimate of drug-likeness (QED) is 0.528. The molecule has 0 aliphatic rings. The van der Waals surface area contributed by atoms with Crippen LogP contribution in [0.15, 0.2) is 18.2 Å². The molecule has 0 radical (unpaired) electrons. The van der Waals surface area contributed by atoms with Gasteiger partial charge in [0.25, 0.3) is 0 Å². The third-order valence-corrected chi connectivity index (χ3v) is 2.63. The van der Waals surface area contributed by atoms with Crippen LogP contribution in [0.25, 0.3) is 0 Å². The van der Waals surface area contributed by atoms with Crippen LogP contribution >= 0.6 is 0 Å². The van der Waals surface area contributed by atoms with Crippen molar-refractivity contribution >= 4 is 12.2 Å². The van der Waals surface area contributed by atoms with Gasteiger partial charge >= 0.3 is 0 Å². The van der Waals surface area contributed by atoms with Crippen molar-refractivity contribution in [2.24, 2.45) is 0 Å². The fourth-order valence-electron chi connectivity index (χ4n) is 1.72. The lowest BCUT2D eigenvalue weighted by Crippen LogP contribution is -2.25. The van der Waals surface area contributed by atoms with Gasteiger partial charge in [-0.1, -0.05) is 44.1 Å². The summed E-state index contributed by atoms with van der Waals surface area (Å²) in [4.78, 5) is 0. The van der Waals surface area contributed by atoms with Crippen LogP contribution < -0.4 is 10.2 Å². The summed E-state index contributed by atoms with van der Waals surface area (Å²) >= 11 is 0. The van der Waals surface area contributed by atoms with Crippen LogP contribution in [0.1, 0.15) is 25.3 Å². The van der Waals surface area contributed by atoms with Gasteiger partial charge in [-0.2, -0.15) is 0 Å². The van der Waals surface area contributed by atoms with Crippen LogP contribution in [-0.2, 0) is 0 Å². The molecule has 0 N–H and O–H groups in total. The largest absolute Gasteiger partial charge is 0.494 e. The molecular weight excluding hydrogens is 183 g/mol. The Bertz CT molecular complexity index is 307. The van der Waals surface area contributed by atoms with Gasteiger partial charge in [0.15, 0.2) is 6.71 Å². The molecule has 0 spiro atoms. The maximum atomic E-state index is 5.66. The summed E-state index contributed by atoms with van der Waals surface area (Å²) in [5, 5.41) is 0. The fraction of sp³-hybridized carbons (Fsp3) is 0.538. The first kappa shape index (κ1) is 12.2. The topological polar surface area (TPSA) is 9.23 Å². The molecule has 1 rings (SSSR count). The number of hydrogen-bond donors (Lipinski definition) is 0. The highest BCUT2D eigenvalue weighted by Crippen LogP contribution is 2.12. The van der Waals surface area contributed by atoms with Crippen LogP contribution in [0.4, 0.5) is 0 Å². The molecule has 82 valence electrons. The van der Waals surface area contributed by atoms with Gasteiger partial charge in [0.05, 0.1) is 6.61 Å². The van der Waals surface area contributed by atoms with Crippen molar-refractivity contribution in [1.29, 1.82) is 0 Å². The molecule has 0 heterocycles. The van der Waals surface area contributed by atoms with Gasteiger partial charge in [-0.05, 0) is 25.5 Å². The minimum atomic E-state index is 0.592. The van der Waals surface area contributed by atoms with Crippen molar-refractivity contribution in [2.75, 3.05) is 6.61 Å². The third-order valence-electron chi connectivity index (χ3n) is 2.63. The molecule has 0 unspecified atom stereocenters. The Morgan fingerprint density at radius 1 is 1.27 bits per heavy atom. The summed E-state index contributed by atoms with van der Waals surface area (Å²) in [5.41, 5.74) is 2.75. The smallest absolute Gasteiger partial charge is 0.169 e. The van der Waals surface area contributed by atoms with Crippen molar-refractivity contribution in [1.82, 2.24) is 0 Å². The highest BCUT2D eigenvalue weighted by molar-refractivity contribution is 6.71. The van der Waals surface area contributed by atoms with Gasteiger partial charge in [-0.25, -0.2) is 0 Å². The average Bonchev–Trinajstić information content (AvgIpc) is 2.17. The maximum absolute atomic E-state index is 5.66. The number of aryl methyl sites for hydroxylation is 1. The molecule has 0 aliphatic carbocycles. The average molecular weight is 204 g/mol. The Balaban J connectivity index is 2.65. The molecule has 0 amide bonds. The van der Waals surface area contributed by atoms with E-state index < -0.39 is 0 Å². The molecule has 0 saturated heterocycles. The predicted octanol–water partition coefficient (Wildman–Crippen LogP) is 3.14. The first-order valence-corrected chi connectivity index (χ1v) is 5.88. The van der Waals surface area contributed by atoms with Crippen LogP contribution in [-0.4, -0.2) is 13.3 Å². The molecule has 15 heavy (non-hydrogen) atoms. The molecule has 2 heteroatoms. The number of hydrogen-bond acceptors (Lipinski definition) is 1. The van der Waals surface area contributed by atoms with E-state index in [1.165, 1.54) is 17.4 Å². The first-order valence-electron chi connectivity index (χ1n) is 5.88. The second kappa shape index (κ2) is 5.84. The van der Waals surface area contributed by atoms with Crippen molar-refractivity contribution < 1.29 is 4.74 Å². The SMILES string of the molecule is CCCCOc1ccc(B(C)C)c(C)c1. The van der Waals surface area contributed by atoms with Gasteiger partial charge in [0.1, 0.15) is 5.75 Å².